The summed E-state index contributed by atoms with van der Waals surface area (Å²) in [5, 5.41) is 11.4. The second-order valence-corrected chi connectivity index (χ2v) is 6.20. The van der Waals surface area contributed by atoms with Crippen LogP contribution in [0.25, 0.3) is 0 Å². The Kier molecular flexibility index (Phi) is 7.17. The van der Waals surface area contributed by atoms with Crippen molar-refractivity contribution in [3.05, 3.63) is 27.8 Å². The summed E-state index contributed by atoms with van der Waals surface area (Å²) in [7, 11) is 0. The zero-order valence-electron chi connectivity index (χ0n) is 10.1. The van der Waals surface area contributed by atoms with Gasteiger partial charge < -0.3 is 16.2 Å². The van der Waals surface area contributed by atoms with Crippen LogP contribution in [-0.4, -0.2) is 34.5 Å². The number of nitrogens with one attached hydrogen (secondary N) is 1. The van der Waals surface area contributed by atoms with Gasteiger partial charge in [0.2, 0.25) is 5.91 Å². The highest BCUT2D eigenvalue weighted by atomic mass is 127. The van der Waals surface area contributed by atoms with E-state index in [1.807, 2.05) is 24.3 Å². The molecule has 7 heteroatoms. The predicted molar refractivity (Wildman–Crippen MR) is 85.3 cm³/mol. The molecule has 1 amide bonds. The number of carbonyl (C=O) groups excluding carboxylic acids is 1. The molecule has 0 heterocycles. The standard InChI is InChI=1S/C12H15IN2O3S/c13-8-2-1-3-9(6-8)15-11(16)7-19-5-4-10(14)12(17)18/h1-3,6,10H,4-5,7,14H2,(H,15,16)(H,17,18). The molecule has 0 fully saturated rings. The van der Waals surface area contributed by atoms with Gasteiger partial charge in [0.05, 0.1) is 5.75 Å². The number of carboxylic acid groups (broad SMARTS) is 1. The lowest BCUT2D eigenvalue weighted by Gasteiger charge is -2.07. The molecule has 1 aromatic carbocycles. The van der Waals surface area contributed by atoms with Crippen molar-refractivity contribution in [1.82, 2.24) is 0 Å². The number of benzene rings is 1. The number of aliphatic carboxylic acids is 1. The zero-order valence-corrected chi connectivity index (χ0v) is 13.1. The van der Waals surface area contributed by atoms with E-state index in [4.69, 9.17) is 10.8 Å². The lowest BCUT2D eigenvalue weighted by atomic mass is 10.2. The molecular weight excluding hydrogens is 379 g/mol. The van der Waals surface area contributed by atoms with E-state index in [0.29, 0.717) is 12.2 Å². The van der Waals surface area contributed by atoms with Crippen LogP contribution in [0.2, 0.25) is 0 Å². The molecule has 0 aliphatic rings. The van der Waals surface area contributed by atoms with Crippen LogP contribution in [0.4, 0.5) is 5.69 Å². The monoisotopic (exact) mass is 394 g/mol. The van der Waals surface area contributed by atoms with Crippen molar-refractivity contribution in [2.75, 3.05) is 16.8 Å². The van der Waals surface area contributed by atoms with Crippen molar-refractivity contribution in [3.8, 4) is 0 Å². The molecule has 1 aromatic rings. The topological polar surface area (TPSA) is 92.4 Å². The van der Waals surface area contributed by atoms with Crippen LogP contribution in [0.5, 0.6) is 0 Å². The number of carboxylic acids is 1. The third-order valence-electron chi connectivity index (χ3n) is 2.23. The van der Waals surface area contributed by atoms with Crippen molar-refractivity contribution in [1.29, 1.82) is 0 Å². The van der Waals surface area contributed by atoms with E-state index in [1.54, 1.807) is 0 Å². The third-order valence-corrected chi connectivity index (χ3v) is 3.89. The van der Waals surface area contributed by atoms with Gasteiger partial charge in [-0.1, -0.05) is 6.07 Å². The Morgan fingerprint density at radius 2 is 2.21 bits per heavy atom. The van der Waals surface area contributed by atoms with Gasteiger partial charge in [0, 0.05) is 9.26 Å². The van der Waals surface area contributed by atoms with Crippen LogP contribution in [0.15, 0.2) is 24.3 Å². The van der Waals surface area contributed by atoms with Gasteiger partial charge in [-0.25, -0.2) is 0 Å². The summed E-state index contributed by atoms with van der Waals surface area (Å²) in [5.41, 5.74) is 6.12. The van der Waals surface area contributed by atoms with Gasteiger partial charge in [0.1, 0.15) is 6.04 Å². The first-order valence-corrected chi connectivity index (χ1v) is 7.84. The van der Waals surface area contributed by atoms with Crippen LogP contribution < -0.4 is 11.1 Å². The summed E-state index contributed by atoms with van der Waals surface area (Å²) in [6.07, 6.45) is 0.358. The lowest BCUT2D eigenvalue weighted by Crippen LogP contribution is -2.30. The van der Waals surface area contributed by atoms with Gasteiger partial charge in [-0.2, -0.15) is 11.8 Å². The van der Waals surface area contributed by atoms with Crippen molar-refractivity contribution in [3.63, 3.8) is 0 Å². The summed E-state index contributed by atoms with van der Waals surface area (Å²) < 4.78 is 1.05. The molecule has 0 saturated carbocycles. The maximum atomic E-state index is 11.6. The molecule has 0 spiro atoms. The van der Waals surface area contributed by atoms with Gasteiger partial charge in [-0.3, -0.25) is 9.59 Å². The fraction of sp³-hybridized carbons (Fsp3) is 0.333. The largest absolute Gasteiger partial charge is 0.480 e. The molecule has 0 aliphatic carbocycles. The summed E-state index contributed by atoms with van der Waals surface area (Å²) >= 11 is 3.55. The molecule has 104 valence electrons. The van der Waals surface area contributed by atoms with Crippen molar-refractivity contribution in [2.24, 2.45) is 5.73 Å². The maximum Gasteiger partial charge on any atom is 0.320 e. The van der Waals surface area contributed by atoms with E-state index in [2.05, 4.69) is 27.9 Å². The highest BCUT2D eigenvalue weighted by Crippen LogP contribution is 2.13. The normalized spacial score (nSPS) is 11.9. The smallest absolute Gasteiger partial charge is 0.320 e. The molecular formula is C12H15IN2O3S. The fourth-order valence-corrected chi connectivity index (χ4v) is 2.63. The average Bonchev–Trinajstić information content (AvgIpc) is 2.34. The summed E-state index contributed by atoms with van der Waals surface area (Å²) in [6.45, 7) is 0. The van der Waals surface area contributed by atoms with E-state index in [-0.39, 0.29) is 11.7 Å². The molecule has 1 atom stereocenters. The molecule has 5 nitrogen and oxygen atoms in total. The number of anilines is 1. The molecule has 0 bridgehead atoms. The van der Waals surface area contributed by atoms with Crippen molar-refractivity contribution < 1.29 is 14.7 Å². The second kappa shape index (κ2) is 8.39. The SMILES string of the molecule is NC(CCSCC(=O)Nc1cccc(I)c1)C(=O)O. The first kappa shape index (κ1) is 16.3. The van der Waals surface area contributed by atoms with Gasteiger partial charge in [0.25, 0.3) is 0 Å². The Labute approximate surface area is 129 Å². The number of carbonyl (C=O) groups is 2. The summed E-state index contributed by atoms with van der Waals surface area (Å²) in [4.78, 5) is 22.1. The van der Waals surface area contributed by atoms with Crippen LogP contribution >= 0.6 is 34.4 Å². The zero-order chi connectivity index (χ0) is 14.3. The minimum Gasteiger partial charge on any atom is -0.480 e. The van der Waals surface area contributed by atoms with Gasteiger partial charge in [-0.05, 0) is 53.0 Å². The Hall–Kier alpha value is -0.800. The highest BCUT2D eigenvalue weighted by Gasteiger charge is 2.11. The third kappa shape index (κ3) is 6.79. The number of thioether (sulfide) groups is 1. The second-order valence-electron chi connectivity index (χ2n) is 3.84. The number of halogens is 1. The molecule has 4 N–H and O–H groups in total. The molecule has 1 unspecified atom stereocenters. The molecule has 0 radical (unpaired) electrons. The number of amides is 1. The molecule has 0 aromatic heterocycles. The highest BCUT2D eigenvalue weighted by molar-refractivity contribution is 14.1. The molecule has 0 aliphatic heterocycles. The quantitative estimate of drug-likeness (QED) is 0.484. The van der Waals surface area contributed by atoms with Crippen LogP contribution in [-0.2, 0) is 9.59 Å². The van der Waals surface area contributed by atoms with E-state index < -0.39 is 12.0 Å². The van der Waals surface area contributed by atoms with Crippen molar-refractivity contribution >= 4 is 51.9 Å². The first-order valence-electron chi connectivity index (χ1n) is 5.60. The van der Waals surface area contributed by atoms with E-state index >= 15 is 0 Å². The van der Waals surface area contributed by atoms with Crippen LogP contribution in [0.1, 0.15) is 6.42 Å². The Morgan fingerprint density at radius 3 is 2.84 bits per heavy atom. The van der Waals surface area contributed by atoms with Crippen molar-refractivity contribution in [2.45, 2.75) is 12.5 Å². The lowest BCUT2D eigenvalue weighted by molar-refractivity contribution is -0.138. The Balaban J connectivity index is 2.23. The molecule has 0 saturated heterocycles. The Bertz CT molecular complexity index is 456. The molecule has 19 heavy (non-hydrogen) atoms. The maximum absolute atomic E-state index is 11.6. The summed E-state index contributed by atoms with van der Waals surface area (Å²) in [5.74, 6) is -0.273. The first-order chi connectivity index (χ1) is 8.99. The van der Waals surface area contributed by atoms with Gasteiger partial charge >= 0.3 is 5.97 Å². The van der Waals surface area contributed by atoms with Gasteiger partial charge in [0.15, 0.2) is 0 Å². The number of hydrogen-bond acceptors (Lipinski definition) is 4. The van der Waals surface area contributed by atoms with Crippen LogP contribution in [0, 0.1) is 3.57 Å². The van der Waals surface area contributed by atoms with E-state index in [1.165, 1.54) is 11.8 Å². The van der Waals surface area contributed by atoms with E-state index in [0.717, 1.165) is 9.26 Å². The summed E-state index contributed by atoms with van der Waals surface area (Å²) in [6, 6.07) is 6.66. The number of rotatable bonds is 7. The predicted octanol–water partition coefficient (Wildman–Crippen LogP) is 1.76. The van der Waals surface area contributed by atoms with E-state index in [9.17, 15) is 9.59 Å². The number of hydrogen-bond donors (Lipinski definition) is 3. The average molecular weight is 394 g/mol. The molecule has 1 rings (SSSR count). The van der Waals surface area contributed by atoms with Crippen LogP contribution in [0.3, 0.4) is 0 Å². The van der Waals surface area contributed by atoms with Gasteiger partial charge in [-0.15, -0.1) is 0 Å². The minimum atomic E-state index is -1.01. The Morgan fingerprint density at radius 1 is 1.47 bits per heavy atom. The minimum absolute atomic E-state index is 0.101. The number of nitrogens with two attached hydrogens (primary N) is 1. The fourth-order valence-electron chi connectivity index (χ4n) is 1.26.